The Bertz CT molecular complexity index is 670. The van der Waals surface area contributed by atoms with E-state index in [4.69, 9.17) is 0 Å². The van der Waals surface area contributed by atoms with E-state index < -0.39 is 0 Å². The Hall–Kier alpha value is -2.50. The van der Waals surface area contributed by atoms with Crippen molar-refractivity contribution >= 4 is 11.7 Å². The molecule has 1 amide bonds. The van der Waals surface area contributed by atoms with Gasteiger partial charge in [0.25, 0.3) is 0 Å². The first-order valence-corrected chi connectivity index (χ1v) is 8.04. The van der Waals surface area contributed by atoms with Crippen molar-refractivity contribution in [3.63, 3.8) is 0 Å². The third kappa shape index (κ3) is 4.48. The summed E-state index contributed by atoms with van der Waals surface area (Å²) in [6, 6.07) is 7.51. The number of carbonyl (C=O) groups excluding carboxylic acids is 1. The Balaban J connectivity index is 1.67. The van der Waals surface area contributed by atoms with E-state index >= 15 is 0 Å². The third-order valence-electron chi connectivity index (χ3n) is 3.75. The lowest BCUT2D eigenvalue weighted by molar-refractivity contribution is -0.119. The van der Waals surface area contributed by atoms with Gasteiger partial charge in [-0.05, 0) is 37.3 Å². The number of carbonyl (C=O) groups is 1. The second kappa shape index (κ2) is 7.17. The predicted molar refractivity (Wildman–Crippen MR) is 88.9 cm³/mol. The predicted octanol–water partition coefficient (Wildman–Crippen LogP) is 2.04. The highest BCUT2D eigenvalue weighted by Gasteiger charge is 2.21. The molecule has 23 heavy (non-hydrogen) atoms. The second-order valence-corrected chi connectivity index (χ2v) is 5.74. The van der Waals surface area contributed by atoms with Gasteiger partial charge < -0.3 is 10.6 Å². The first kappa shape index (κ1) is 15.4. The minimum Gasteiger partial charge on any atom is -0.361 e. The van der Waals surface area contributed by atoms with Crippen LogP contribution in [-0.4, -0.2) is 33.9 Å². The molecule has 0 radical (unpaired) electrons. The molecule has 2 N–H and O–H groups in total. The second-order valence-electron chi connectivity index (χ2n) is 5.74. The molecule has 0 spiro atoms. The number of anilines is 1. The van der Waals surface area contributed by atoms with Crippen LogP contribution in [0.15, 0.2) is 30.5 Å². The normalized spacial score (nSPS) is 13.6. The number of amides is 1. The van der Waals surface area contributed by atoms with Crippen LogP contribution in [0.5, 0.6) is 0 Å². The molecular formula is C17H21N5O. The fourth-order valence-electron chi connectivity index (χ4n) is 2.19. The minimum absolute atomic E-state index is 0.00653. The average molecular weight is 311 g/mol. The molecule has 1 aliphatic carbocycles. The molecule has 0 unspecified atom stereocenters. The summed E-state index contributed by atoms with van der Waals surface area (Å²) in [5, 5.41) is 6.02. The molecule has 0 aromatic carbocycles. The topological polar surface area (TPSA) is 79.8 Å². The van der Waals surface area contributed by atoms with Crippen molar-refractivity contribution in [2.45, 2.75) is 26.2 Å². The Morgan fingerprint density at radius 1 is 1.30 bits per heavy atom. The van der Waals surface area contributed by atoms with E-state index in [1.807, 2.05) is 31.2 Å². The van der Waals surface area contributed by atoms with Crippen molar-refractivity contribution in [3.8, 4) is 11.5 Å². The fraction of sp³-hybridized carbons (Fsp3) is 0.412. The van der Waals surface area contributed by atoms with Gasteiger partial charge in [0.1, 0.15) is 11.5 Å². The van der Waals surface area contributed by atoms with Crippen molar-refractivity contribution in [3.05, 3.63) is 36.2 Å². The van der Waals surface area contributed by atoms with E-state index in [0.717, 1.165) is 24.4 Å². The van der Waals surface area contributed by atoms with E-state index in [1.165, 1.54) is 12.8 Å². The SMILES string of the molecule is CCc1cc(NCC(=O)NCC2CC2)nc(-c2ccccn2)n1. The van der Waals surface area contributed by atoms with E-state index in [1.54, 1.807) is 6.20 Å². The van der Waals surface area contributed by atoms with Gasteiger partial charge in [0, 0.05) is 24.5 Å². The molecule has 3 rings (SSSR count). The van der Waals surface area contributed by atoms with Gasteiger partial charge in [0.05, 0.1) is 6.54 Å². The summed E-state index contributed by atoms with van der Waals surface area (Å²) in [6.45, 7) is 3.04. The molecule has 0 saturated heterocycles. The quantitative estimate of drug-likeness (QED) is 0.818. The highest BCUT2D eigenvalue weighted by Crippen LogP contribution is 2.27. The van der Waals surface area contributed by atoms with Gasteiger partial charge in [0.15, 0.2) is 5.82 Å². The van der Waals surface area contributed by atoms with E-state index in [2.05, 4.69) is 25.6 Å². The van der Waals surface area contributed by atoms with Crippen LogP contribution in [0, 0.1) is 5.92 Å². The van der Waals surface area contributed by atoms with Crippen molar-refractivity contribution in [1.82, 2.24) is 20.3 Å². The molecule has 2 aromatic rings. The van der Waals surface area contributed by atoms with Gasteiger partial charge in [-0.15, -0.1) is 0 Å². The molecule has 6 nitrogen and oxygen atoms in total. The standard InChI is InChI=1S/C17H21N5O/c1-2-13-9-15(19-11-16(23)20-10-12-6-7-12)22-17(21-13)14-5-3-4-8-18-14/h3-5,8-9,12H,2,6-7,10-11H2,1H3,(H,20,23)(H,19,21,22). The van der Waals surface area contributed by atoms with Crippen molar-refractivity contribution in [2.75, 3.05) is 18.4 Å². The molecule has 1 fully saturated rings. The number of nitrogens with zero attached hydrogens (tertiary/aromatic N) is 3. The van der Waals surface area contributed by atoms with E-state index in [-0.39, 0.29) is 12.5 Å². The Kier molecular flexibility index (Phi) is 4.80. The zero-order valence-corrected chi connectivity index (χ0v) is 13.2. The minimum atomic E-state index is -0.00653. The molecular weight excluding hydrogens is 290 g/mol. The number of hydrogen-bond donors (Lipinski definition) is 2. The van der Waals surface area contributed by atoms with Crippen LogP contribution in [0.1, 0.15) is 25.5 Å². The molecule has 6 heteroatoms. The molecule has 0 bridgehead atoms. The Morgan fingerprint density at radius 3 is 2.87 bits per heavy atom. The fourth-order valence-corrected chi connectivity index (χ4v) is 2.19. The van der Waals surface area contributed by atoms with Crippen molar-refractivity contribution in [2.24, 2.45) is 5.92 Å². The number of rotatable bonds is 7. The van der Waals surface area contributed by atoms with Gasteiger partial charge in [0.2, 0.25) is 5.91 Å². The summed E-state index contributed by atoms with van der Waals surface area (Å²) in [5.74, 6) is 1.90. The Labute approximate surface area is 135 Å². The summed E-state index contributed by atoms with van der Waals surface area (Å²) < 4.78 is 0. The van der Waals surface area contributed by atoms with Crippen LogP contribution < -0.4 is 10.6 Å². The molecule has 2 heterocycles. The highest BCUT2D eigenvalue weighted by molar-refractivity contribution is 5.80. The maximum atomic E-state index is 11.8. The summed E-state index contributed by atoms with van der Waals surface area (Å²) in [4.78, 5) is 25.1. The smallest absolute Gasteiger partial charge is 0.239 e. The number of hydrogen-bond acceptors (Lipinski definition) is 5. The lowest BCUT2D eigenvalue weighted by Crippen LogP contribution is -2.31. The van der Waals surface area contributed by atoms with Gasteiger partial charge in [-0.3, -0.25) is 9.78 Å². The maximum absolute atomic E-state index is 11.8. The van der Waals surface area contributed by atoms with Gasteiger partial charge in [-0.25, -0.2) is 9.97 Å². The molecule has 0 aliphatic heterocycles. The molecule has 1 aliphatic rings. The zero-order chi connectivity index (χ0) is 16.1. The number of nitrogens with one attached hydrogen (secondary N) is 2. The van der Waals surface area contributed by atoms with Gasteiger partial charge in [-0.1, -0.05) is 13.0 Å². The summed E-state index contributed by atoms with van der Waals surface area (Å²) in [6.07, 6.45) is 4.97. The van der Waals surface area contributed by atoms with Crippen molar-refractivity contribution in [1.29, 1.82) is 0 Å². The summed E-state index contributed by atoms with van der Waals surface area (Å²) >= 11 is 0. The molecule has 120 valence electrons. The van der Waals surface area contributed by atoms with E-state index in [9.17, 15) is 4.79 Å². The lowest BCUT2D eigenvalue weighted by Gasteiger charge is -2.09. The van der Waals surface area contributed by atoms with Gasteiger partial charge >= 0.3 is 0 Å². The highest BCUT2D eigenvalue weighted by atomic mass is 16.1. The number of pyridine rings is 1. The van der Waals surface area contributed by atoms with Gasteiger partial charge in [-0.2, -0.15) is 0 Å². The molecule has 1 saturated carbocycles. The third-order valence-corrected chi connectivity index (χ3v) is 3.75. The number of aryl methyl sites for hydroxylation is 1. The van der Waals surface area contributed by atoms with Crippen LogP contribution in [0.3, 0.4) is 0 Å². The average Bonchev–Trinajstić information content (AvgIpc) is 3.43. The maximum Gasteiger partial charge on any atom is 0.239 e. The van der Waals surface area contributed by atoms with Crippen LogP contribution in [0.4, 0.5) is 5.82 Å². The number of aromatic nitrogens is 3. The van der Waals surface area contributed by atoms with Crippen LogP contribution in [0.2, 0.25) is 0 Å². The van der Waals surface area contributed by atoms with E-state index in [0.29, 0.717) is 17.6 Å². The zero-order valence-electron chi connectivity index (χ0n) is 13.2. The van der Waals surface area contributed by atoms with Crippen LogP contribution in [-0.2, 0) is 11.2 Å². The largest absolute Gasteiger partial charge is 0.361 e. The Morgan fingerprint density at radius 2 is 2.17 bits per heavy atom. The first-order chi connectivity index (χ1) is 11.2. The van der Waals surface area contributed by atoms with Crippen LogP contribution >= 0.6 is 0 Å². The monoisotopic (exact) mass is 311 g/mol. The lowest BCUT2D eigenvalue weighted by atomic mass is 10.3. The summed E-state index contributed by atoms with van der Waals surface area (Å²) in [5.41, 5.74) is 1.64. The molecule has 0 atom stereocenters. The van der Waals surface area contributed by atoms with Crippen molar-refractivity contribution < 1.29 is 4.79 Å². The summed E-state index contributed by atoms with van der Waals surface area (Å²) in [7, 11) is 0. The first-order valence-electron chi connectivity index (χ1n) is 8.04. The van der Waals surface area contributed by atoms with Crippen LogP contribution in [0.25, 0.3) is 11.5 Å². The molecule has 2 aromatic heterocycles.